The third-order valence-electron chi connectivity index (χ3n) is 5.18. The number of sulfonamides is 1. The first kappa shape index (κ1) is 21.5. The van der Waals surface area contributed by atoms with Crippen molar-refractivity contribution >= 4 is 43.2 Å². The third kappa shape index (κ3) is 4.98. The maximum atomic E-state index is 13.2. The number of nitrogens with one attached hydrogen (secondary N) is 1. The molecule has 1 N–H and O–H groups in total. The van der Waals surface area contributed by atoms with E-state index in [0.29, 0.717) is 37.4 Å². The number of piperazine rings is 1. The van der Waals surface area contributed by atoms with E-state index in [-0.39, 0.29) is 10.8 Å². The van der Waals surface area contributed by atoms with Crippen molar-refractivity contribution in [3.63, 3.8) is 0 Å². The van der Waals surface area contributed by atoms with Crippen LogP contribution in [0.3, 0.4) is 0 Å². The van der Waals surface area contributed by atoms with Crippen LogP contribution in [-0.2, 0) is 10.0 Å². The molecular formula is C23H22BrN3O3S. The van der Waals surface area contributed by atoms with Crippen molar-refractivity contribution in [3.05, 3.63) is 88.9 Å². The third-order valence-corrected chi connectivity index (χ3v) is 7.56. The predicted octanol–water partition coefficient (Wildman–Crippen LogP) is 4.21. The Morgan fingerprint density at radius 2 is 1.55 bits per heavy atom. The average Bonchev–Trinajstić information content (AvgIpc) is 2.80. The fraction of sp³-hybridized carbons (Fsp3) is 0.174. The van der Waals surface area contributed by atoms with Crippen molar-refractivity contribution in [1.82, 2.24) is 4.31 Å². The summed E-state index contributed by atoms with van der Waals surface area (Å²) >= 11 is 3.37. The molecule has 0 bridgehead atoms. The van der Waals surface area contributed by atoms with Gasteiger partial charge in [0.2, 0.25) is 10.0 Å². The van der Waals surface area contributed by atoms with E-state index < -0.39 is 10.0 Å². The average molecular weight is 500 g/mol. The van der Waals surface area contributed by atoms with Gasteiger partial charge in [-0.1, -0.05) is 46.3 Å². The molecule has 0 aliphatic carbocycles. The number of amides is 1. The molecule has 0 saturated carbocycles. The summed E-state index contributed by atoms with van der Waals surface area (Å²) < 4.78 is 28.7. The van der Waals surface area contributed by atoms with Gasteiger partial charge in [0.15, 0.2) is 0 Å². The number of rotatable bonds is 5. The Hall–Kier alpha value is -2.68. The van der Waals surface area contributed by atoms with Crippen LogP contribution in [0.2, 0.25) is 0 Å². The van der Waals surface area contributed by atoms with Crippen molar-refractivity contribution in [3.8, 4) is 0 Å². The second-order valence-electron chi connectivity index (χ2n) is 7.22. The van der Waals surface area contributed by atoms with Crippen LogP contribution in [0.15, 0.2) is 88.2 Å². The summed E-state index contributed by atoms with van der Waals surface area (Å²) in [6.45, 7) is 2.02. The number of halogens is 1. The van der Waals surface area contributed by atoms with Crippen molar-refractivity contribution in [2.75, 3.05) is 36.4 Å². The lowest BCUT2D eigenvalue weighted by Gasteiger charge is -2.35. The minimum atomic E-state index is -3.68. The van der Waals surface area contributed by atoms with Crippen LogP contribution in [0.1, 0.15) is 10.4 Å². The second-order valence-corrected chi connectivity index (χ2v) is 10.1. The fourth-order valence-corrected chi connectivity index (χ4v) is 5.41. The lowest BCUT2D eigenvalue weighted by Crippen LogP contribution is -2.48. The van der Waals surface area contributed by atoms with Gasteiger partial charge in [-0.2, -0.15) is 4.31 Å². The molecule has 1 amide bonds. The van der Waals surface area contributed by atoms with Crippen LogP contribution in [0.4, 0.5) is 11.4 Å². The highest BCUT2D eigenvalue weighted by atomic mass is 79.9. The standard InChI is InChI=1S/C23H22BrN3O3S/c24-19-7-5-8-20(17-19)25-23(28)18-6-4-11-22(16-18)31(29,30)27-14-12-26(13-15-27)21-9-2-1-3-10-21/h1-11,16-17H,12-15H2,(H,25,28). The van der Waals surface area contributed by atoms with E-state index in [9.17, 15) is 13.2 Å². The van der Waals surface area contributed by atoms with Crippen LogP contribution in [0.25, 0.3) is 0 Å². The van der Waals surface area contributed by atoms with Crippen LogP contribution >= 0.6 is 15.9 Å². The first-order valence-corrected chi connectivity index (χ1v) is 12.1. The second kappa shape index (κ2) is 9.21. The van der Waals surface area contributed by atoms with E-state index >= 15 is 0 Å². The van der Waals surface area contributed by atoms with E-state index in [1.54, 1.807) is 24.3 Å². The molecule has 0 aromatic heterocycles. The highest BCUT2D eigenvalue weighted by molar-refractivity contribution is 9.10. The molecule has 0 radical (unpaired) electrons. The molecule has 0 spiro atoms. The number of carbonyl (C=O) groups excluding carboxylic acids is 1. The summed E-state index contributed by atoms with van der Waals surface area (Å²) in [5.41, 5.74) is 2.01. The SMILES string of the molecule is O=C(Nc1cccc(Br)c1)c1cccc(S(=O)(=O)N2CCN(c3ccccc3)CC2)c1. The largest absolute Gasteiger partial charge is 0.369 e. The zero-order chi connectivity index (χ0) is 21.8. The summed E-state index contributed by atoms with van der Waals surface area (Å²) in [6.07, 6.45) is 0. The van der Waals surface area contributed by atoms with Crippen molar-refractivity contribution in [2.24, 2.45) is 0 Å². The van der Waals surface area contributed by atoms with Gasteiger partial charge in [0, 0.05) is 47.6 Å². The van der Waals surface area contributed by atoms with Gasteiger partial charge in [0.1, 0.15) is 0 Å². The van der Waals surface area contributed by atoms with Crippen LogP contribution in [0, 0.1) is 0 Å². The van der Waals surface area contributed by atoms with Crippen molar-refractivity contribution in [1.29, 1.82) is 0 Å². The number of hydrogen-bond acceptors (Lipinski definition) is 4. The van der Waals surface area contributed by atoms with Gasteiger partial charge in [0.05, 0.1) is 4.90 Å². The van der Waals surface area contributed by atoms with Gasteiger partial charge in [-0.05, 0) is 48.5 Å². The van der Waals surface area contributed by atoms with Crippen molar-refractivity contribution < 1.29 is 13.2 Å². The van der Waals surface area contributed by atoms with Gasteiger partial charge in [-0.15, -0.1) is 0 Å². The van der Waals surface area contributed by atoms with E-state index in [0.717, 1.165) is 10.2 Å². The van der Waals surface area contributed by atoms with E-state index in [2.05, 4.69) is 26.1 Å². The van der Waals surface area contributed by atoms with Gasteiger partial charge in [-0.25, -0.2) is 8.42 Å². The van der Waals surface area contributed by atoms with Crippen LogP contribution < -0.4 is 10.2 Å². The maximum absolute atomic E-state index is 13.2. The Kier molecular flexibility index (Phi) is 6.41. The van der Waals surface area contributed by atoms with Gasteiger partial charge >= 0.3 is 0 Å². The molecule has 1 fully saturated rings. The molecule has 160 valence electrons. The Balaban J connectivity index is 1.47. The molecule has 1 aliphatic rings. The summed E-state index contributed by atoms with van der Waals surface area (Å²) in [5.74, 6) is -0.357. The first-order valence-electron chi connectivity index (χ1n) is 9.91. The molecule has 1 saturated heterocycles. The van der Waals surface area contributed by atoms with E-state index in [4.69, 9.17) is 0 Å². The summed E-state index contributed by atoms with van der Waals surface area (Å²) in [4.78, 5) is 14.9. The lowest BCUT2D eigenvalue weighted by atomic mass is 10.2. The normalized spacial score (nSPS) is 14.9. The molecule has 1 heterocycles. The Morgan fingerprint density at radius 3 is 2.26 bits per heavy atom. The molecule has 4 rings (SSSR count). The summed E-state index contributed by atoms with van der Waals surface area (Å²) in [5, 5.41) is 2.80. The summed E-state index contributed by atoms with van der Waals surface area (Å²) in [6, 6.07) is 23.4. The zero-order valence-corrected chi connectivity index (χ0v) is 19.1. The maximum Gasteiger partial charge on any atom is 0.255 e. The molecule has 6 nitrogen and oxygen atoms in total. The van der Waals surface area contributed by atoms with Gasteiger partial charge in [0.25, 0.3) is 5.91 Å². The fourth-order valence-electron chi connectivity index (χ4n) is 3.54. The zero-order valence-electron chi connectivity index (χ0n) is 16.7. The first-order chi connectivity index (χ1) is 14.9. The van der Waals surface area contributed by atoms with Crippen LogP contribution in [-0.4, -0.2) is 44.8 Å². The predicted molar refractivity (Wildman–Crippen MR) is 126 cm³/mol. The number of hydrogen-bond donors (Lipinski definition) is 1. The number of nitrogens with zero attached hydrogens (tertiary/aromatic N) is 2. The number of para-hydroxylation sites is 1. The molecule has 3 aromatic carbocycles. The monoisotopic (exact) mass is 499 g/mol. The molecular weight excluding hydrogens is 478 g/mol. The van der Waals surface area contributed by atoms with E-state index in [1.165, 1.54) is 16.4 Å². The number of carbonyl (C=O) groups is 1. The minimum Gasteiger partial charge on any atom is -0.369 e. The number of benzene rings is 3. The summed E-state index contributed by atoms with van der Waals surface area (Å²) in [7, 11) is -3.68. The Bertz CT molecular complexity index is 1180. The molecule has 0 atom stereocenters. The molecule has 0 unspecified atom stereocenters. The Morgan fingerprint density at radius 1 is 0.839 bits per heavy atom. The Labute approximate surface area is 190 Å². The van der Waals surface area contributed by atoms with Crippen molar-refractivity contribution in [2.45, 2.75) is 4.90 Å². The highest BCUT2D eigenvalue weighted by Crippen LogP contribution is 2.22. The quantitative estimate of drug-likeness (QED) is 0.570. The minimum absolute atomic E-state index is 0.127. The lowest BCUT2D eigenvalue weighted by molar-refractivity contribution is 0.102. The highest BCUT2D eigenvalue weighted by Gasteiger charge is 2.29. The van der Waals surface area contributed by atoms with E-state index in [1.807, 2.05) is 42.5 Å². The van der Waals surface area contributed by atoms with Gasteiger partial charge in [-0.3, -0.25) is 4.79 Å². The molecule has 3 aromatic rings. The molecule has 31 heavy (non-hydrogen) atoms. The molecule has 8 heteroatoms. The topological polar surface area (TPSA) is 69.7 Å². The smallest absolute Gasteiger partial charge is 0.255 e. The van der Waals surface area contributed by atoms with Crippen LogP contribution in [0.5, 0.6) is 0 Å². The number of anilines is 2. The van der Waals surface area contributed by atoms with Gasteiger partial charge < -0.3 is 10.2 Å². The molecule has 1 aliphatic heterocycles.